The van der Waals surface area contributed by atoms with Crippen LogP contribution in [0.4, 0.5) is 0 Å². The fraction of sp³-hybridized carbons (Fsp3) is 0.867. The van der Waals surface area contributed by atoms with Crippen LogP contribution < -0.4 is 0 Å². The van der Waals surface area contributed by atoms with Crippen molar-refractivity contribution < 1.29 is 19.1 Å². The average Bonchev–Trinajstić information content (AvgIpc) is 3.14. The van der Waals surface area contributed by atoms with Gasteiger partial charge < -0.3 is 14.4 Å². The molecule has 0 aromatic heterocycles. The number of thiol groups is 1. The number of epoxide rings is 1. The second kappa shape index (κ2) is 7.93. The quantitative estimate of drug-likeness (QED) is 0.300. The molecule has 22 heavy (non-hydrogen) atoms. The van der Waals surface area contributed by atoms with Crippen molar-refractivity contribution in [2.75, 3.05) is 20.2 Å². The van der Waals surface area contributed by atoms with Crippen molar-refractivity contribution in [3.8, 4) is 0 Å². The lowest BCUT2D eigenvalue weighted by Gasteiger charge is -2.22. The van der Waals surface area contributed by atoms with E-state index in [1.54, 1.807) is 7.05 Å². The van der Waals surface area contributed by atoms with Gasteiger partial charge in [0.15, 0.2) is 0 Å². The summed E-state index contributed by atoms with van der Waals surface area (Å²) in [6, 6.07) is 0. The van der Waals surface area contributed by atoms with Crippen LogP contribution in [0.2, 0.25) is 0 Å². The molecule has 0 spiro atoms. The van der Waals surface area contributed by atoms with Gasteiger partial charge in [-0.2, -0.15) is 0 Å². The molecule has 7 heteroatoms. The zero-order valence-electron chi connectivity index (χ0n) is 14.0. The molecule has 5 nitrogen and oxygen atoms in total. The van der Waals surface area contributed by atoms with E-state index in [-0.39, 0.29) is 35.5 Å². The molecule has 0 bridgehead atoms. The van der Waals surface area contributed by atoms with Crippen molar-refractivity contribution in [1.82, 2.24) is 4.90 Å². The molecule has 1 aliphatic heterocycles. The third kappa shape index (κ3) is 6.01. The number of hydrogen-bond donors (Lipinski definition) is 1. The van der Waals surface area contributed by atoms with Crippen LogP contribution in [0.5, 0.6) is 0 Å². The Morgan fingerprint density at radius 3 is 2.59 bits per heavy atom. The molecule has 0 aromatic carbocycles. The van der Waals surface area contributed by atoms with Gasteiger partial charge in [-0.05, 0) is 33.6 Å². The molecule has 1 rings (SSSR count). The van der Waals surface area contributed by atoms with Gasteiger partial charge in [-0.1, -0.05) is 17.7 Å². The molecule has 2 atom stereocenters. The number of nitrogens with zero attached hydrogens (tertiary/aromatic N) is 1. The maximum absolute atomic E-state index is 12.0. The molecule has 0 saturated carbocycles. The molecule has 0 radical (unpaired) electrons. The second-order valence-electron chi connectivity index (χ2n) is 6.59. The molecule has 1 heterocycles. The average molecular weight is 350 g/mol. The van der Waals surface area contributed by atoms with Gasteiger partial charge in [-0.3, -0.25) is 9.59 Å². The zero-order valence-corrected chi connectivity index (χ0v) is 15.8. The summed E-state index contributed by atoms with van der Waals surface area (Å²) in [6.45, 7) is 8.25. The Morgan fingerprint density at radius 2 is 2.09 bits per heavy atom. The maximum Gasteiger partial charge on any atom is 0.325 e. The summed E-state index contributed by atoms with van der Waals surface area (Å²) >= 11 is 4.19. The number of esters is 1. The van der Waals surface area contributed by atoms with Gasteiger partial charge in [0.25, 0.3) is 0 Å². The summed E-state index contributed by atoms with van der Waals surface area (Å²) < 4.78 is 10.6. The number of hydrogen-bond acceptors (Lipinski definition) is 6. The summed E-state index contributed by atoms with van der Waals surface area (Å²) in [5.41, 5.74) is -0.346. The third-order valence-electron chi connectivity index (χ3n) is 3.91. The highest BCUT2D eigenvalue weighted by molar-refractivity contribution is 8.69. The molecule has 1 aliphatic rings. The minimum absolute atomic E-state index is 0.0276. The van der Waals surface area contributed by atoms with Gasteiger partial charge in [0.05, 0.1) is 6.10 Å². The highest BCUT2D eigenvalue weighted by Crippen LogP contribution is 2.38. The Bertz CT molecular complexity index is 416. The Hall–Kier alpha value is -0.400. The zero-order chi connectivity index (χ0) is 17.0. The molecule has 1 saturated heterocycles. The van der Waals surface area contributed by atoms with Crippen LogP contribution in [0.25, 0.3) is 0 Å². The predicted molar refractivity (Wildman–Crippen MR) is 92.1 cm³/mol. The largest absolute Gasteiger partial charge is 0.461 e. The highest BCUT2D eigenvalue weighted by atomic mass is 33.1. The van der Waals surface area contributed by atoms with E-state index in [0.29, 0.717) is 12.8 Å². The van der Waals surface area contributed by atoms with E-state index in [9.17, 15) is 9.59 Å². The first kappa shape index (κ1) is 19.6. The minimum Gasteiger partial charge on any atom is -0.461 e. The van der Waals surface area contributed by atoms with Gasteiger partial charge >= 0.3 is 5.97 Å². The molecule has 128 valence electrons. The monoisotopic (exact) mass is 349 g/mol. The Labute approximate surface area is 142 Å². The predicted octanol–water partition coefficient (Wildman–Crippen LogP) is 2.69. The summed E-state index contributed by atoms with van der Waals surface area (Å²) in [5.74, 6) is -0.460. The highest BCUT2D eigenvalue weighted by Gasteiger charge is 2.52. The molecule has 1 amide bonds. The second-order valence-corrected chi connectivity index (χ2v) is 8.42. The van der Waals surface area contributed by atoms with Gasteiger partial charge in [0.1, 0.15) is 18.8 Å². The lowest BCUT2D eigenvalue weighted by molar-refractivity contribution is -0.149. The van der Waals surface area contributed by atoms with Crippen molar-refractivity contribution in [3.05, 3.63) is 0 Å². The van der Waals surface area contributed by atoms with Crippen LogP contribution in [0.3, 0.4) is 0 Å². The minimum atomic E-state index is -0.398. The molecule has 1 fully saturated rings. The topological polar surface area (TPSA) is 59.1 Å². The number of amides is 1. The van der Waals surface area contributed by atoms with E-state index in [1.165, 1.54) is 15.7 Å². The van der Waals surface area contributed by atoms with Crippen molar-refractivity contribution in [3.63, 3.8) is 0 Å². The number of ether oxygens (including phenoxy) is 2. The van der Waals surface area contributed by atoms with E-state index < -0.39 is 5.97 Å². The van der Waals surface area contributed by atoms with Crippen LogP contribution in [0.15, 0.2) is 0 Å². The summed E-state index contributed by atoms with van der Waals surface area (Å²) in [7, 11) is 3.05. The van der Waals surface area contributed by atoms with Crippen LogP contribution in [-0.2, 0) is 19.1 Å². The molecule has 0 unspecified atom stereocenters. The summed E-state index contributed by atoms with van der Waals surface area (Å²) in [4.78, 5) is 25.2. The molecule has 0 N–H and O–H groups in total. The third-order valence-corrected chi connectivity index (χ3v) is 6.09. The first-order valence-corrected chi connectivity index (χ1v) is 9.40. The van der Waals surface area contributed by atoms with Crippen molar-refractivity contribution in [2.24, 2.45) is 0 Å². The smallest absolute Gasteiger partial charge is 0.325 e. The van der Waals surface area contributed by atoms with Crippen LogP contribution in [0.1, 0.15) is 47.0 Å². The van der Waals surface area contributed by atoms with Crippen molar-refractivity contribution >= 4 is 34.3 Å². The summed E-state index contributed by atoms with van der Waals surface area (Å²) in [5, 5.41) is 0. The standard InChI is InChI=1S/C15H27NO4S2/c1-6-11-15(4,20-11)10-19-13(18)9-16(5)12(17)7-8-14(2,3)22-21/h11,21H,6-10H2,1-5H3/t11-,15-/m0/s1. The number of carbonyl (C=O) groups is 2. The molecule has 0 aliphatic carbocycles. The van der Waals surface area contributed by atoms with Crippen LogP contribution in [0, 0.1) is 0 Å². The first-order valence-electron chi connectivity index (χ1n) is 7.53. The fourth-order valence-corrected chi connectivity index (χ4v) is 2.60. The fourth-order valence-electron chi connectivity index (χ4n) is 2.13. The lowest BCUT2D eigenvalue weighted by Crippen LogP contribution is -2.35. The molecular formula is C15H27NO4S2. The lowest BCUT2D eigenvalue weighted by atomic mass is 10.1. The summed E-state index contributed by atoms with van der Waals surface area (Å²) in [6.07, 6.45) is 2.18. The van der Waals surface area contributed by atoms with Crippen LogP contribution >= 0.6 is 22.5 Å². The maximum atomic E-state index is 12.0. The number of carbonyl (C=O) groups excluding carboxylic acids is 2. The van der Waals surface area contributed by atoms with Gasteiger partial charge in [0, 0.05) is 18.2 Å². The normalized spacial score (nSPS) is 24.0. The molecular weight excluding hydrogens is 322 g/mol. The van der Waals surface area contributed by atoms with Crippen LogP contribution in [-0.4, -0.2) is 53.4 Å². The Kier molecular flexibility index (Phi) is 7.08. The number of likely N-dealkylation sites (N-methyl/N-ethyl adjacent to an activating group) is 1. The van der Waals surface area contributed by atoms with Crippen molar-refractivity contribution in [2.45, 2.75) is 63.4 Å². The van der Waals surface area contributed by atoms with Gasteiger partial charge in [-0.25, -0.2) is 0 Å². The first-order chi connectivity index (χ1) is 10.1. The van der Waals surface area contributed by atoms with E-state index in [4.69, 9.17) is 9.47 Å². The number of rotatable bonds is 9. The Balaban J connectivity index is 2.27. The van der Waals surface area contributed by atoms with E-state index >= 15 is 0 Å². The SMILES string of the molecule is CC[C@@H]1O[C@@]1(C)COC(=O)CN(C)C(=O)CCC(C)(C)SS. The Morgan fingerprint density at radius 1 is 1.45 bits per heavy atom. The van der Waals surface area contributed by atoms with E-state index in [0.717, 1.165) is 6.42 Å². The van der Waals surface area contributed by atoms with Gasteiger partial charge in [0.2, 0.25) is 5.91 Å². The van der Waals surface area contributed by atoms with Crippen molar-refractivity contribution in [1.29, 1.82) is 0 Å². The van der Waals surface area contributed by atoms with E-state index in [2.05, 4.69) is 11.7 Å². The van der Waals surface area contributed by atoms with Gasteiger partial charge in [-0.15, -0.1) is 11.7 Å². The van der Waals surface area contributed by atoms with E-state index in [1.807, 2.05) is 27.7 Å². The molecule has 0 aromatic rings.